The normalized spacial score (nSPS) is 34.3. The van der Waals surface area contributed by atoms with Crippen LogP contribution in [-0.4, -0.2) is 47.1 Å². The average molecular weight is 241 g/mol. The third kappa shape index (κ3) is 2.22. The number of ether oxygens (including phenoxy) is 1. The number of nitrogens with two attached hydrogens (primary N) is 1. The number of carbonyl (C=O) groups is 1. The third-order valence-corrected chi connectivity index (χ3v) is 3.69. The Labute approximate surface area is 100 Å². The third-order valence-electron chi connectivity index (χ3n) is 3.69. The average Bonchev–Trinajstić information content (AvgIpc) is 2.95. The van der Waals surface area contributed by atoms with Crippen molar-refractivity contribution in [1.29, 1.82) is 0 Å². The summed E-state index contributed by atoms with van der Waals surface area (Å²) < 4.78 is 5.41. The van der Waals surface area contributed by atoms with Crippen LogP contribution in [0.3, 0.4) is 0 Å². The number of oxime groups is 1. The van der Waals surface area contributed by atoms with Gasteiger partial charge in [-0.1, -0.05) is 5.16 Å². The van der Waals surface area contributed by atoms with Gasteiger partial charge >= 0.3 is 0 Å². The summed E-state index contributed by atoms with van der Waals surface area (Å²) in [4.78, 5) is 14.1. The van der Waals surface area contributed by atoms with Crippen molar-refractivity contribution in [3.8, 4) is 0 Å². The van der Waals surface area contributed by atoms with Crippen LogP contribution in [-0.2, 0) is 9.53 Å². The van der Waals surface area contributed by atoms with Crippen LogP contribution in [0.2, 0.25) is 0 Å². The van der Waals surface area contributed by atoms with Crippen molar-refractivity contribution < 1.29 is 14.7 Å². The van der Waals surface area contributed by atoms with E-state index in [4.69, 9.17) is 15.7 Å². The largest absolute Gasteiger partial charge is 0.409 e. The number of amides is 1. The fourth-order valence-corrected chi connectivity index (χ4v) is 2.67. The molecular weight excluding hydrogens is 222 g/mol. The molecule has 2 aliphatic rings. The molecule has 0 aromatic carbocycles. The second-order valence-corrected chi connectivity index (χ2v) is 4.69. The van der Waals surface area contributed by atoms with Gasteiger partial charge in [0, 0.05) is 13.2 Å². The fourth-order valence-electron chi connectivity index (χ4n) is 2.67. The molecule has 2 aliphatic heterocycles. The van der Waals surface area contributed by atoms with Gasteiger partial charge in [-0.15, -0.1) is 0 Å². The van der Waals surface area contributed by atoms with E-state index < -0.39 is 0 Å². The predicted molar refractivity (Wildman–Crippen MR) is 61.7 cm³/mol. The van der Waals surface area contributed by atoms with Crippen LogP contribution in [0.25, 0.3) is 0 Å². The van der Waals surface area contributed by atoms with Crippen LogP contribution < -0.4 is 5.73 Å². The first-order chi connectivity index (χ1) is 8.15. The summed E-state index contributed by atoms with van der Waals surface area (Å²) in [5, 5.41) is 11.7. The molecule has 2 rings (SSSR count). The lowest BCUT2D eigenvalue weighted by Gasteiger charge is -2.27. The molecule has 3 atom stereocenters. The Bertz CT molecular complexity index is 332. The summed E-state index contributed by atoms with van der Waals surface area (Å²) >= 11 is 0. The first-order valence-electron chi connectivity index (χ1n) is 6.04. The molecule has 1 amide bonds. The molecule has 3 unspecified atom stereocenters. The summed E-state index contributed by atoms with van der Waals surface area (Å²) in [6.07, 6.45) is 2.40. The van der Waals surface area contributed by atoms with E-state index >= 15 is 0 Å². The van der Waals surface area contributed by atoms with Gasteiger partial charge in [-0.25, -0.2) is 0 Å². The maximum absolute atomic E-state index is 12.3. The van der Waals surface area contributed by atoms with Crippen molar-refractivity contribution in [3.05, 3.63) is 0 Å². The Morgan fingerprint density at radius 2 is 2.29 bits per heavy atom. The fraction of sp³-hybridized carbons (Fsp3) is 0.818. The molecule has 0 saturated carbocycles. The zero-order chi connectivity index (χ0) is 12.4. The SMILES string of the molecule is CC1OCCC1C(=O)N1CCCC1C(N)=NO. The van der Waals surface area contributed by atoms with E-state index in [2.05, 4.69) is 5.16 Å². The molecule has 0 aliphatic carbocycles. The van der Waals surface area contributed by atoms with Gasteiger partial charge in [-0.05, 0) is 26.2 Å². The number of rotatable bonds is 2. The monoisotopic (exact) mass is 241 g/mol. The van der Waals surface area contributed by atoms with Crippen molar-refractivity contribution in [2.24, 2.45) is 16.8 Å². The van der Waals surface area contributed by atoms with Crippen LogP contribution in [0.15, 0.2) is 5.16 Å². The van der Waals surface area contributed by atoms with E-state index in [9.17, 15) is 4.79 Å². The number of likely N-dealkylation sites (tertiary alicyclic amines) is 1. The minimum absolute atomic E-state index is 0.0314. The topological polar surface area (TPSA) is 88.2 Å². The molecule has 0 aromatic rings. The molecule has 0 radical (unpaired) electrons. The molecule has 6 nitrogen and oxygen atoms in total. The first-order valence-corrected chi connectivity index (χ1v) is 6.04. The highest BCUT2D eigenvalue weighted by molar-refractivity contribution is 5.91. The number of carbonyl (C=O) groups excluding carboxylic acids is 1. The molecule has 0 aromatic heterocycles. The van der Waals surface area contributed by atoms with Gasteiger partial charge in [0.2, 0.25) is 5.91 Å². The highest BCUT2D eigenvalue weighted by atomic mass is 16.5. The van der Waals surface area contributed by atoms with Crippen LogP contribution in [0.5, 0.6) is 0 Å². The molecule has 17 heavy (non-hydrogen) atoms. The Morgan fingerprint density at radius 1 is 1.53 bits per heavy atom. The van der Waals surface area contributed by atoms with Gasteiger partial charge in [0.1, 0.15) is 0 Å². The van der Waals surface area contributed by atoms with Crippen LogP contribution in [0, 0.1) is 5.92 Å². The van der Waals surface area contributed by atoms with Crippen LogP contribution >= 0.6 is 0 Å². The Hall–Kier alpha value is -1.30. The van der Waals surface area contributed by atoms with Gasteiger partial charge in [0.05, 0.1) is 18.1 Å². The maximum atomic E-state index is 12.3. The molecule has 2 fully saturated rings. The maximum Gasteiger partial charge on any atom is 0.229 e. The number of amidine groups is 1. The smallest absolute Gasteiger partial charge is 0.229 e. The molecule has 0 bridgehead atoms. The van der Waals surface area contributed by atoms with Gasteiger partial charge in [-0.2, -0.15) is 0 Å². The minimum atomic E-state index is -0.250. The zero-order valence-electron chi connectivity index (χ0n) is 10.0. The van der Waals surface area contributed by atoms with Gasteiger partial charge in [-0.3, -0.25) is 4.79 Å². The summed E-state index contributed by atoms with van der Waals surface area (Å²) in [6.45, 7) is 3.24. The van der Waals surface area contributed by atoms with Crippen molar-refractivity contribution in [1.82, 2.24) is 4.90 Å². The predicted octanol–water partition coefficient (Wildman–Crippen LogP) is 0.149. The van der Waals surface area contributed by atoms with E-state index in [0.717, 1.165) is 19.3 Å². The van der Waals surface area contributed by atoms with E-state index in [-0.39, 0.29) is 29.8 Å². The summed E-state index contributed by atoms with van der Waals surface area (Å²) in [7, 11) is 0. The summed E-state index contributed by atoms with van der Waals surface area (Å²) in [5.41, 5.74) is 5.61. The van der Waals surface area contributed by atoms with Gasteiger partial charge < -0.3 is 20.6 Å². The zero-order valence-corrected chi connectivity index (χ0v) is 10.0. The highest BCUT2D eigenvalue weighted by Crippen LogP contribution is 2.27. The Morgan fingerprint density at radius 3 is 2.88 bits per heavy atom. The quantitative estimate of drug-likeness (QED) is 0.312. The lowest BCUT2D eigenvalue weighted by molar-refractivity contribution is -0.136. The van der Waals surface area contributed by atoms with E-state index in [0.29, 0.717) is 13.2 Å². The van der Waals surface area contributed by atoms with Crippen molar-refractivity contribution in [2.75, 3.05) is 13.2 Å². The number of nitrogens with zero attached hydrogens (tertiary/aromatic N) is 2. The first kappa shape index (κ1) is 12.2. The minimum Gasteiger partial charge on any atom is -0.409 e. The Kier molecular flexibility index (Phi) is 3.51. The van der Waals surface area contributed by atoms with Crippen molar-refractivity contribution >= 4 is 11.7 Å². The van der Waals surface area contributed by atoms with E-state index in [1.165, 1.54) is 0 Å². The lowest BCUT2D eigenvalue weighted by atomic mass is 10.0. The molecular formula is C11H19N3O3. The van der Waals surface area contributed by atoms with E-state index in [1.54, 1.807) is 4.90 Å². The summed E-state index contributed by atoms with van der Waals surface area (Å²) in [6, 6.07) is -0.250. The Balaban J connectivity index is 2.08. The second-order valence-electron chi connectivity index (χ2n) is 4.69. The van der Waals surface area contributed by atoms with E-state index in [1.807, 2.05) is 6.92 Å². The molecule has 3 N–H and O–H groups in total. The van der Waals surface area contributed by atoms with Crippen molar-refractivity contribution in [3.63, 3.8) is 0 Å². The molecule has 6 heteroatoms. The molecule has 0 spiro atoms. The molecule has 96 valence electrons. The number of hydrogen-bond acceptors (Lipinski definition) is 4. The summed E-state index contributed by atoms with van der Waals surface area (Å²) in [5.74, 6) is 0.119. The van der Waals surface area contributed by atoms with Crippen molar-refractivity contribution in [2.45, 2.75) is 38.3 Å². The second kappa shape index (κ2) is 4.91. The van der Waals surface area contributed by atoms with Crippen LogP contribution in [0.1, 0.15) is 26.2 Å². The van der Waals surface area contributed by atoms with Gasteiger partial charge in [0.25, 0.3) is 0 Å². The molecule has 2 heterocycles. The lowest BCUT2D eigenvalue weighted by Crippen LogP contribution is -2.47. The highest BCUT2D eigenvalue weighted by Gasteiger charge is 2.39. The standard InChI is InChI=1S/C11H19N3O3/c1-7-8(4-6-17-7)11(15)14-5-2-3-9(14)10(12)13-16/h7-9,16H,2-6H2,1H3,(H2,12,13). The molecule has 2 saturated heterocycles. The van der Waals surface area contributed by atoms with Crippen LogP contribution in [0.4, 0.5) is 0 Å². The van der Waals surface area contributed by atoms with Gasteiger partial charge in [0.15, 0.2) is 5.84 Å². The number of hydrogen-bond donors (Lipinski definition) is 2.